The first kappa shape index (κ1) is 15.3. The Morgan fingerprint density at radius 3 is 2.50 bits per heavy atom. The van der Waals surface area contributed by atoms with E-state index in [1.165, 1.54) is 23.3 Å². The molecule has 0 aliphatic carbocycles. The second-order valence-electron chi connectivity index (χ2n) is 6.95. The van der Waals surface area contributed by atoms with Gasteiger partial charge in [-0.1, -0.05) is 24.3 Å². The molecule has 0 spiro atoms. The van der Waals surface area contributed by atoms with Crippen LogP contribution in [0.2, 0.25) is 0 Å². The number of anilines is 1. The number of benzene rings is 2. The fourth-order valence-electron chi connectivity index (χ4n) is 4.25. The molecular formula is C21H18FN3O. The van der Waals surface area contributed by atoms with E-state index in [1.807, 2.05) is 27.8 Å². The first-order valence-electron chi connectivity index (χ1n) is 8.89. The zero-order valence-corrected chi connectivity index (χ0v) is 14.2. The number of nitrogens with zero attached hydrogens (tertiary/aromatic N) is 3. The molecule has 5 rings (SSSR count). The van der Waals surface area contributed by atoms with Gasteiger partial charge in [0, 0.05) is 25.4 Å². The Hall–Kier alpha value is -2.95. The van der Waals surface area contributed by atoms with Crippen molar-refractivity contribution in [2.45, 2.75) is 25.3 Å². The fraction of sp³-hybridized carbons (Fsp3) is 0.238. The van der Waals surface area contributed by atoms with E-state index in [1.54, 1.807) is 12.5 Å². The summed E-state index contributed by atoms with van der Waals surface area (Å²) in [5.41, 5.74) is 5.76. The minimum Gasteiger partial charge on any atom is -0.326 e. The highest BCUT2D eigenvalue weighted by atomic mass is 19.1. The van der Waals surface area contributed by atoms with Crippen molar-refractivity contribution in [3.63, 3.8) is 0 Å². The number of aromatic nitrogens is 2. The van der Waals surface area contributed by atoms with Crippen molar-refractivity contribution >= 4 is 11.6 Å². The van der Waals surface area contributed by atoms with Crippen molar-refractivity contribution in [2.75, 3.05) is 11.4 Å². The molecular weight excluding hydrogens is 329 g/mol. The zero-order chi connectivity index (χ0) is 17.7. The Kier molecular flexibility index (Phi) is 3.42. The Labute approximate surface area is 150 Å². The average Bonchev–Trinajstić information content (AvgIpc) is 3.31. The van der Waals surface area contributed by atoms with Gasteiger partial charge in [0.1, 0.15) is 5.82 Å². The van der Waals surface area contributed by atoms with E-state index in [4.69, 9.17) is 0 Å². The minimum absolute atomic E-state index is 0.0636. The van der Waals surface area contributed by atoms with Gasteiger partial charge in [-0.2, -0.15) is 0 Å². The molecule has 0 bridgehead atoms. The molecule has 0 saturated heterocycles. The van der Waals surface area contributed by atoms with Crippen LogP contribution in [0.4, 0.5) is 10.1 Å². The van der Waals surface area contributed by atoms with E-state index in [0.717, 1.165) is 36.2 Å². The van der Waals surface area contributed by atoms with Gasteiger partial charge in [0.05, 0.1) is 18.1 Å². The van der Waals surface area contributed by atoms with Gasteiger partial charge in [-0.3, -0.25) is 4.79 Å². The molecule has 0 radical (unpaired) electrons. The van der Waals surface area contributed by atoms with Crippen LogP contribution in [-0.4, -0.2) is 22.0 Å². The summed E-state index contributed by atoms with van der Waals surface area (Å²) >= 11 is 0. The molecule has 3 aromatic rings. The Morgan fingerprint density at radius 2 is 1.77 bits per heavy atom. The number of imidazole rings is 1. The number of rotatable bonds is 3. The zero-order valence-electron chi connectivity index (χ0n) is 14.2. The molecule has 2 aliphatic heterocycles. The van der Waals surface area contributed by atoms with Crippen molar-refractivity contribution < 1.29 is 9.18 Å². The molecule has 4 nitrogen and oxygen atoms in total. The quantitative estimate of drug-likeness (QED) is 0.727. The molecule has 130 valence electrons. The Balaban J connectivity index is 1.66. The van der Waals surface area contributed by atoms with Crippen molar-refractivity contribution in [2.24, 2.45) is 0 Å². The van der Waals surface area contributed by atoms with Crippen molar-refractivity contribution in [3.05, 3.63) is 83.2 Å². The fourth-order valence-corrected chi connectivity index (χ4v) is 4.25. The lowest BCUT2D eigenvalue weighted by Crippen LogP contribution is -2.32. The summed E-state index contributed by atoms with van der Waals surface area (Å²) in [6.45, 7) is 0.775. The molecule has 3 heterocycles. The molecule has 1 atom stereocenters. The number of aryl methyl sites for hydroxylation is 1. The van der Waals surface area contributed by atoms with E-state index >= 15 is 0 Å². The highest BCUT2D eigenvalue weighted by molar-refractivity contribution is 5.98. The lowest BCUT2D eigenvalue weighted by atomic mass is 9.91. The van der Waals surface area contributed by atoms with Crippen LogP contribution in [0.15, 0.2) is 55.1 Å². The van der Waals surface area contributed by atoms with Gasteiger partial charge in [-0.05, 0) is 47.2 Å². The molecule has 0 fully saturated rings. The van der Waals surface area contributed by atoms with Crippen LogP contribution in [0.5, 0.6) is 0 Å². The van der Waals surface area contributed by atoms with E-state index in [0.29, 0.717) is 6.42 Å². The SMILES string of the molecule is O=C1CCc2cc(C(c3ccc(F)cc3)n3ccnc3)cc3c2N1CC3. The largest absolute Gasteiger partial charge is 0.326 e. The Bertz CT molecular complexity index is 979. The van der Waals surface area contributed by atoms with Gasteiger partial charge >= 0.3 is 0 Å². The first-order valence-corrected chi connectivity index (χ1v) is 8.89. The van der Waals surface area contributed by atoms with Crippen LogP contribution in [0, 0.1) is 5.82 Å². The molecule has 1 unspecified atom stereocenters. The summed E-state index contributed by atoms with van der Waals surface area (Å²) in [6.07, 6.45) is 7.73. The molecule has 26 heavy (non-hydrogen) atoms. The van der Waals surface area contributed by atoms with Crippen LogP contribution in [-0.2, 0) is 17.6 Å². The third-order valence-electron chi connectivity index (χ3n) is 5.40. The van der Waals surface area contributed by atoms with Gasteiger partial charge in [0.15, 0.2) is 0 Å². The summed E-state index contributed by atoms with van der Waals surface area (Å²) < 4.78 is 15.5. The number of halogens is 1. The van der Waals surface area contributed by atoms with Crippen LogP contribution in [0.3, 0.4) is 0 Å². The number of carbonyl (C=O) groups excluding carboxylic acids is 1. The van der Waals surface area contributed by atoms with Crippen molar-refractivity contribution in [1.29, 1.82) is 0 Å². The summed E-state index contributed by atoms with van der Waals surface area (Å²) in [5.74, 6) is -0.00924. The van der Waals surface area contributed by atoms with Gasteiger partial charge in [0.25, 0.3) is 0 Å². The van der Waals surface area contributed by atoms with Crippen LogP contribution >= 0.6 is 0 Å². The number of carbonyl (C=O) groups is 1. The normalized spacial score (nSPS) is 16.7. The van der Waals surface area contributed by atoms with E-state index in [2.05, 4.69) is 17.1 Å². The molecule has 2 aromatic carbocycles. The lowest BCUT2D eigenvalue weighted by molar-refractivity contribution is -0.118. The molecule has 0 saturated carbocycles. The van der Waals surface area contributed by atoms with Gasteiger partial charge in [-0.25, -0.2) is 9.37 Å². The van der Waals surface area contributed by atoms with Crippen LogP contribution in [0.25, 0.3) is 0 Å². The molecule has 1 aromatic heterocycles. The molecule has 5 heteroatoms. The van der Waals surface area contributed by atoms with E-state index < -0.39 is 0 Å². The molecule has 1 amide bonds. The smallest absolute Gasteiger partial charge is 0.227 e. The maximum absolute atomic E-state index is 13.4. The third kappa shape index (κ3) is 2.35. The third-order valence-corrected chi connectivity index (χ3v) is 5.40. The monoisotopic (exact) mass is 347 g/mol. The summed E-state index contributed by atoms with van der Waals surface area (Å²) in [6, 6.07) is 11.0. The first-order chi connectivity index (χ1) is 12.7. The second kappa shape index (κ2) is 5.80. The molecule has 0 N–H and O–H groups in total. The van der Waals surface area contributed by atoms with Gasteiger partial charge in [0.2, 0.25) is 5.91 Å². The average molecular weight is 347 g/mol. The summed E-state index contributed by atoms with van der Waals surface area (Å²) in [5, 5.41) is 0. The highest BCUT2D eigenvalue weighted by Crippen LogP contribution is 2.40. The number of hydrogen-bond acceptors (Lipinski definition) is 2. The van der Waals surface area contributed by atoms with E-state index in [-0.39, 0.29) is 17.8 Å². The van der Waals surface area contributed by atoms with Crippen LogP contribution in [0.1, 0.15) is 34.7 Å². The maximum Gasteiger partial charge on any atom is 0.227 e. The summed E-state index contributed by atoms with van der Waals surface area (Å²) in [4.78, 5) is 18.3. The van der Waals surface area contributed by atoms with Crippen molar-refractivity contribution in [3.8, 4) is 0 Å². The standard InChI is InChI=1S/C21H18FN3O/c22-18-4-1-14(2-5-18)20(24-10-8-23-13-24)17-11-15-3-6-19(26)25-9-7-16(12-17)21(15)25/h1-2,4-5,8,10-13,20H,3,6-7,9H2. The molecule has 2 aliphatic rings. The number of amides is 1. The number of hydrogen-bond donors (Lipinski definition) is 0. The lowest BCUT2D eigenvalue weighted by Gasteiger charge is -2.27. The van der Waals surface area contributed by atoms with Gasteiger partial charge < -0.3 is 9.47 Å². The maximum atomic E-state index is 13.4. The highest BCUT2D eigenvalue weighted by Gasteiger charge is 2.32. The van der Waals surface area contributed by atoms with Gasteiger partial charge in [-0.15, -0.1) is 0 Å². The van der Waals surface area contributed by atoms with Crippen molar-refractivity contribution in [1.82, 2.24) is 9.55 Å². The minimum atomic E-state index is -0.240. The predicted molar refractivity (Wildman–Crippen MR) is 96.7 cm³/mol. The van der Waals surface area contributed by atoms with Crippen LogP contribution < -0.4 is 4.90 Å². The second-order valence-corrected chi connectivity index (χ2v) is 6.95. The summed E-state index contributed by atoms with van der Waals surface area (Å²) in [7, 11) is 0. The topological polar surface area (TPSA) is 38.1 Å². The predicted octanol–water partition coefficient (Wildman–Crippen LogP) is 3.50. The van der Waals surface area contributed by atoms with E-state index in [9.17, 15) is 9.18 Å². The Morgan fingerprint density at radius 1 is 1.00 bits per heavy atom.